The molecule has 2 rings (SSSR count). The average Bonchev–Trinajstić information content (AvgIpc) is 2.58. The van der Waals surface area contributed by atoms with Crippen LogP contribution in [0.1, 0.15) is 31.4 Å². The Morgan fingerprint density at radius 3 is 2.46 bits per heavy atom. The Balaban J connectivity index is 2.13. The molecule has 1 N–H and O–H groups in total. The SMILES string of the molecule is CCOc1ccccc1NC(=O)[C@H](CC)Oc1cccc(C)c1C. The number of anilines is 1. The van der Waals surface area contributed by atoms with E-state index in [4.69, 9.17) is 9.47 Å². The lowest BCUT2D eigenvalue weighted by Crippen LogP contribution is -2.32. The van der Waals surface area contributed by atoms with Crippen LogP contribution in [0.15, 0.2) is 42.5 Å². The van der Waals surface area contributed by atoms with Gasteiger partial charge >= 0.3 is 0 Å². The fourth-order valence-electron chi connectivity index (χ4n) is 2.39. The maximum Gasteiger partial charge on any atom is 0.265 e. The van der Waals surface area contributed by atoms with Gasteiger partial charge in [-0.3, -0.25) is 4.79 Å². The second-order valence-corrected chi connectivity index (χ2v) is 5.63. The van der Waals surface area contributed by atoms with Gasteiger partial charge in [0.15, 0.2) is 6.10 Å². The third-order valence-corrected chi connectivity index (χ3v) is 3.93. The number of para-hydroxylation sites is 2. The summed E-state index contributed by atoms with van der Waals surface area (Å²) in [5, 5.41) is 2.91. The van der Waals surface area contributed by atoms with Crippen LogP contribution in [0.5, 0.6) is 11.5 Å². The Hall–Kier alpha value is -2.49. The van der Waals surface area contributed by atoms with Gasteiger partial charge in [0, 0.05) is 0 Å². The van der Waals surface area contributed by atoms with Gasteiger partial charge in [-0.2, -0.15) is 0 Å². The van der Waals surface area contributed by atoms with Crippen LogP contribution >= 0.6 is 0 Å². The van der Waals surface area contributed by atoms with Crippen molar-refractivity contribution in [3.05, 3.63) is 53.6 Å². The Morgan fingerprint density at radius 1 is 1.04 bits per heavy atom. The Bertz CT molecular complexity index is 697. The van der Waals surface area contributed by atoms with E-state index >= 15 is 0 Å². The molecule has 0 bridgehead atoms. The standard InChI is InChI=1S/C20H25NO3/c1-5-17(24-18-13-9-10-14(3)15(18)4)20(22)21-16-11-7-8-12-19(16)23-6-2/h7-13,17H,5-6H2,1-4H3,(H,21,22)/t17-/m0/s1. The molecule has 0 fully saturated rings. The van der Waals surface area contributed by atoms with Gasteiger partial charge in [-0.15, -0.1) is 0 Å². The van der Waals surface area contributed by atoms with E-state index < -0.39 is 6.10 Å². The first-order chi connectivity index (χ1) is 11.6. The summed E-state index contributed by atoms with van der Waals surface area (Å²) in [6.07, 6.45) is 0.0240. The van der Waals surface area contributed by atoms with Crippen LogP contribution in [0, 0.1) is 13.8 Å². The molecule has 4 nitrogen and oxygen atoms in total. The molecule has 1 atom stereocenters. The summed E-state index contributed by atoms with van der Waals surface area (Å²) in [5.74, 6) is 1.23. The molecule has 0 aliphatic rings. The Morgan fingerprint density at radius 2 is 1.75 bits per heavy atom. The van der Waals surface area contributed by atoms with Crippen molar-refractivity contribution in [3.63, 3.8) is 0 Å². The number of carbonyl (C=O) groups excluding carboxylic acids is 1. The van der Waals surface area contributed by atoms with E-state index in [0.29, 0.717) is 24.5 Å². The van der Waals surface area contributed by atoms with Crippen LogP contribution in [0.3, 0.4) is 0 Å². The minimum atomic E-state index is -0.555. The van der Waals surface area contributed by atoms with Gasteiger partial charge in [0.1, 0.15) is 11.5 Å². The number of ether oxygens (including phenoxy) is 2. The summed E-state index contributed by atoms with van der Waals surface area (Å²) in [5.41, 5.74) is 2.86. The average molecular weight is 327 g/mol. The lowest BCUT2D eigenvalue weighted by Gasteiger charge is -2.20. The number of nitrogens with one attached hydrogen (secondary N) is 1. The molecule has 2 aromatic rings. The number of amides is 1. The first-order valence-electron chi connectivity index (χ1n) is 8.32. The van der Waals surface area contributed by atoms with Crippen LogP contribution in [0.4, 0.5) is 5.69 Å². The highest BCUT2D eigenvalue weighted by Crippen LogP contribution is 2.26. The lowest BCUT2D eigenvalue weighted by atomic mass is 10.1. The molecule has 0 heterocycles. The summed E-state index contributed by atoms with van der Waals surface area (Å²) in [4.78, 5) is 12.6. The molecular formula is C20H25NO3. The Labute approximate surface area is 143 Å². The zero-order chi connectivity index (χ0) is 17.5. The number of carbonyl (C=O) groups is 1. The van der Waals surface area contributed by atoms with Gasteiger partial charge in [-0.1, -0.05) is 31.2 Å². The monoisotopic (exact) mass is 327 g/mol. The van der Waals surface area contributed by atoms with Crippen molar-refractivity contribution >= 4 is 11.6 Å². The van der Waals surface area contributed by atoms with Gasteiger partial charge < -0.3 is 14.8 Å². The maximum absolute atomic E-state index is 12.6. The Kier molecular flexibility index (Phi) is 6.24. The van der Waals surface area contributed by atoms with Crippen molar-refractivity contribution in [2.24, 2.45) is 0 Å². The summed E-state index contributed by atoms with van der Waals surface area (Å²) in [6.45, 7) is 8.42. The van der Waals surface area contributed by atoms with E-state index in [0.717, 1.165) is 16.9 Å². The number of rotatable bonds is 7. The van der Waals surface area contributed by atoms with Gasteiger partial charge in [-0.05, 0) is 56.5 Å². The van der Waals surface area contributed by atoms with Crippen LogP contribution < -0.4 is 14.8 Å². The van der Waals surface area contributed by atoms with Gasteiger partial charge in [0.2, 0.25) is 0 Å². The van der Waals surface area contributed by atoms with Crippen molar-refractivity contribution in [3.8, 4) is 11.5 Å². The van der Waals surface area contributed by atoms with Crippen LogP contribution in [-0.2, 0) is 4.79 Å². The summed E-state index contributed by atoms with van der Waals surface area (Å²) >= 11 is 0. The van der Waals surface area contributed by atoms with Gasteiger partial charge in [-0.25, -0.2) is 0 Å². The van der Waals surface area contributed by atoms with E-state index in [1.54, 1.807) is 0 Å². The minimum absolute atomic E-state index is 0.175. The van der Waals surface area contributed by atoms with Crippen molar-refractivity contribution in [1.82, 2.24) is 0 Å². The topological polar surface area (TPSA) is 47.6 Å². The molecule has 0 spiro atoms. The molecule has 0 aliphatic carbocycles. The first-order valence-corrected chi connectivity index (χ1v) is 8.32. The summed E-state index contributed by atoms with van der Waals surface area (Å²) in [7, 11) is 0. The van der Waals surface area contributed by atoms with Crippen molar-refractivity contribution in [1.29, 1.82) is 0 Å². The molecule has 4 heteroatoms. The molecule has 1 amide bonds. The van der Waals surface area contributed by atoms with E-state index in [2.05, 4.69) is 5.32 Å². The normalized spacial score (nSPS) is 11.7. The van der Waals surface area contributed by atoms with Crippen LogP contribution in [0.2, 0.25) is 0 Å². The fraction of sp³-hybridized carbons (Fsp3) is 0.350. The highest BCUT2D eigenvalue weighted by atomic mass is 16.5. The predicted molar refractivity (Wildman–Crippen MR) is 96.9 cm³/mol. The van der Waals surface area contributed by atoms with Crippen LogP contribution in [0.25, 0.3) is 0 Å². The van der Waals surface area contributed by atoms with E-state index in [-0.39, 0.29) is 5.91 Å². The smallest absolute Gasteiger partial charge is 0.265 e. The second kappa shape index (κ2) is 8.39. The molecule has 0 aromatic heterocycles. The zero-order valence-electron chi connectivity index (χ0n) is 14.8. The third kappa shape index (κ3) is 4.28. The molecule has 0 radical (unpaired) electrons. The quantitative estimate of drug-likeness (QED) is 0.814. The molecule has 0 saturated heterocycles. The number of aryl methyl sites for hydroxylation is 1. The van der Waals surface area contributed by atoms with Crippen molar-refractivity contribution < 1.29 is 14.3 Å². The highest BCUT2D eigenvalue weighted by Gasteiger charge is 2.20. The van der Waals surface area contributed by atoms with E-state index in [9.17, 15) is 4.79 Å². The molecule has 24 heavy (non-hydrogen) atoms. The maximum atomic E-state index is 12.6. The van der Waals surface area contributed by atoms with E-state index in [1.165, 1.54) is 0 Å². The number of hydrogen-bond donors (Lipinski definition) is 1. The van der Waals surface area contributed by atoms with Crippen molar-refractivity contribution in [2.45, 2.75) is 40.2 Å². The molecule has 0 saturated carbocycles. The first kappa shape index (κ1) is 17.9. The van der Waals surface area contributed by atoms with Gasteiger partial charge in [0.05, 0.1) is 12.3 Å². The molecule has 0 aliphatic heterocycles. The molecule has 128 valence electrons. The highest BCUT2D eigenvalue weighted by molar-refractivity contribution is 5.95. The number of hydrogen-bond acceptors (Lipinski definition) is 3. The molecule has 0 unspecified atom stereocenters. The zero-order valence-corrected chi connectivity index (χ0v) is 14.8. The van der Waals surface area contributed by atoms with Crippen molar-refractivity contribution in [2.75, 3.05) is 11.9 Å². The van der Waals surface area contributed by atoms with Gasteiger partial charge in [0.25, 0.3) is 5.91 Å². The summed E-state index contributed by atoms with van der Waals surface area (Å²) < 4.78 is 11.5. The largest absolute Gasteiger partial charge is 0.492 e. The van der Waals surface area contributed by atoms with E-state index in [1.807, 2.05) is 70.2 Å². The van der Waals surface area contributed by atoms with Crippen LogP contribution in [-0.4, -0.2) is 18.6 Å². The molecular weight excluding hydrogens is 302 g/mol. The second-order valence-electron chi connectivity index (χ2n) is 5.63. The summed E-state index contributed by atoms with van der Waals surface area (Å²) in [6, 6.07) is 13.3. The lowest BCUT2D eigenvalue weighted by molar-refractivity contribution is -0.122. The minimum Gasteiger partial charge on any atom is -0.492 e. The third-order valence-electron chi connectivity index (χ3n) is 3.93. The predicted octanol–water partition coefficient (Wildman–Crippen LogP) is 4.50. The number of benzene rings is 2. The fourth-order valence-corrected chi connectivity index (χ4v) is 2.39. The molecule has 2 aromatic carbocycles.